The largest absolute Gasteiger partial charge is 0.298 e. The zero-order chi connectivity index (χ0) is 10.1. The van der Waals surface area contributed by atoms with Crippen molar-refractivity contribution in [2.24, 2.45) is 0 Å². The first-order chi connectivity index (χ1) is 6.76. The van der Waals surface area contributed by atoms with Crippen molar-refractivity contribution in [3.05, 3.63) is 32.2 Å². The van der Waals surface area contributed by atoms with Gasteiger partial charge in [0.2, 0.25) is 0 Å². The normalized spacial score (nSPS) is 10.0. The van der Waals surface area contributed by atoms with E-state index in [1.807, 2.05) is 11.4 Å². The van der Waals surface area contributed by atoms with Gasteiger partial charge in [-0.25, -0.2) is 0 Å². The second-order valence-electron chi connectivity index (χ2n) is 2.76. The van der Waals surface area contributed by atoms with Crippen molar-refractivity contribution in [3.63, 3.8) is 0 Å². The van der Waals surface area contributed by atoms with Crippen LogP contribution in [-0.4, -0.2) is 6.29 Å². The molecule has 0 saturated heterocycles. The van der Waals surface area contributed by atoms with Crippen LogP contribution in [0.3, 0.4) is 0 Å². The van der Waals surface area contributed by atoms with E-state index in [0.29, 0.717) is 11.1 Å². The fourth-order valence-electron chi connectivity index (χ4n) is 1.28. The Balaban J connectivity index is 2.91. The molecule has 0 amide bonds. The number of nitriles is 1. The smallest absolute Gasteiger partial charge is 0.150 e. The molecule has 1 aromatic carbocycles. The highest BCUT2D eigenvalue weighted by atomic mass is 127. The van der Waals surface area contributed by atoms with Gasteiger partial charge in [-0.2, -0.15) is 5.26 Å². The molecule has 0 aliphatic rings. The molecule has 4 heteroatoms. The van der Waals surface area contributed by atoms with Crippen molar-refractivity contribution in [1.82, 2.24) is 0 Å². The first-order valence-electron chi connectivity index (χ1n) is 3.82. The number of hydrogen-bond acceptors (Lipinski definition) is 3. The van der Waals surface area contributed by atoms with Gasteiger partial charge in [0.25, 0.3) is 0 Å². The van der Waals surface area contributed by atoms with Crippen molar-refractivity contribution in [3.8, 4) is 6.07 Å². The van der Waals surface area contributed by atoms with Crippen LogP contribution in [0.25, 0.3) is 10.1 Å². The lowest BCUT2D eigenvalue weighted by Crippen LogP contribution is -1.83. The number of benzene rings is 1. The molecule has 0 aliphatic carbocycles. The van der Waals surface area contributed by atoms with Crippen LogP contribution in [0.4, 0.5) is 0 Å². The maximum atomic E-state index is 10.6. The number of aldehydes is 1. The highest BCUT2D eigenvalue weighted by molar-refractivity contribution is 14.1. The van der Waals surface area contributed by atoms with Gasteiger partial charge in [0.15, 0.2) is 0 Å². The Labute approximate surface area is 98.3 Å². The Morgan fingerprint density at radius 3 is 2.93 bits per heavy atom. The van der Waals surface area contributed by atoms with Crippen LogP contribution in [0, 0.1) is 14.9 Å². The van der Waals surface area contributed by atoms with Crippen molar-refractivity contribution in [2.45, 2.75) is 0 Å². The first-order valence-corrected chi connectivity index (χ1v) is 5.78. The number of hydrogen-bond donors (Lipinski definition) is 0. The van der Waals surface area contributed by atoms with Gasteiger partial charge in [-0.05, 0) is 34.7 Å². The van der Waals surface area contributed by atoms with Crippen molar-refractivity contribution in [1.29, 1.82) is 5.26 Å². The summed E-state index contributed by atoms with van der Waals surface area (Å²) in [7, 11) is 0. The van der Waals surface area contributed by atoms with Crippen molar-refractivity contribution >= 4 is 50.3 Å². The zero-order valence-electron chi connectivity index (χ0n) is 6.95. The summed E-state index contributed by atoms with van der Waals surface area (Å²) in [4.78, 5) is 10.6. The van der Waals surface area contributed by atoms with Crippen LogP contribution in [0.2, 0.25) is 0 Å². The Kier molecular flexibility index (Phi) is 2.52. The molecule has 0 aliphatic heterocycles. The van der Waals surface area contributed by atoms with Crippen LogP contribution >= 0.6 is 33.9 Å². The molecule has 0 radical (unpaired) electrons. The third-order valence-electron chi connectivity index (χ3n) is 1.91. The van der Waals surface area contributed by atoms with Crippen molar-refractivity contribution < 1.29 is 4.79 Å². The third kappa shape index (κ3) is 1.42. The molecule has 0 atom stereocenters. The van der Waals surface area contributed by atoms with Crippen LogP contribution in [-0.2, 0) is 0 Å². The van der Waals surface area contributed by atoms with Gasteiger partial charge in [-0.15, -0.1) is 11.3 Å². The number of rotatable bonds is 1. The standard InChI is InChI=1S/C10H4INOS/c11-9-5-14-10-7(3-12)1-6(4-13)2-8(9)10/h1-2,4-5H. The van der Waals surface area contributed by atoms with E-state index in [1.165, 1.54) is 11.3 Å². The molecule has 0 unspecified atom stereocenters. The predicted octanol–water partition coefficient (Wildman–Crippen LogP) is 3.19. The summed E-state index contributed by atoms with van der Waals surface area (Å²) >= 11 is 3.74. The number of thiophene rings is 1. The Morgan fingerprint density at radius 1 is 1.50 bits per heavy atom. The quantitative estimate of drug-likeness (QED) is 0.599. The van der Waals surface area contributed by atoms with E-state index in [2.05, 4.69) is 28.7 Å². The van der Waals surface area contributed by atoms with E-state index < -0.39 is 0 Å². The maximum Gasteiger partial charge on any atom is 0.150 e. The number of nitrogens with zero attached hydrogens (tertiary/aromatic N) is 1. The molecule has 2 aromatic rings. The van der Waals surface area contributed by atoms with E-state index in [9.17, 15) is 4.79 Å². The molecule has 0 spiro atoms. The molecular weight excluding hydrogens is 309 g/mol. The fraction of sp³-hybridized carbons (Fsp3) is 0. The summed E-state index contributed by atoms with van der Waals surface area (Å²) in [5, 5.41) is 11.9. The summed E-state index contributed by atoms with van der Waals surface area (Å²) < 4.78 is 2.05. The van der Waals surface area contributed by atoms with E-state index >= 15 is 0 Å². The number of fused-ring (bicyclic) bond motifs is 1. The topological polar surface area (TPSA) is 40.9 Å². The Hall–Kier alpha value is -0.930. The van der Waals surface area contributed by atoms with E-state index in [4.69, 9.17) is 5.26 Å². The second kappa shape index (κ2) is 3.67. The number of carbonyl (C=O) groups excluding carboxylic acids is 1. The van der Waals surface area contributed by atoms with Crippen LogP contribution in [0.1, 0.15) is 15.9 Å². The highest BCUT2D eigenvalue weighted by Gasteiger charge is 2.07. The van der Waals surface area contributed by atoms with E-state index in [1.54, 1.807) is 6.07 Å². The molecule has 0 saturated carbocycles. The summed E-state index contributed by atoms with van der Waals surface area (Å²) in [5.74, 6) is 0. The van der Waals surface area contributed by atoms with Gasteiger partial charge in [-0.1, -0.05) is 0 Å². The predicted molar refractivity (Wildman–Crippen MR) is 64.6 cm³/mol. The lowest BCUT2D eigenvalue weighted by molar-refractivity contribution is 0.112. The second-order valence-corrected chi connectivity index (χ2v) is 4.80. The SMILES string of the molecule is N#Cc1cc(C=O)cc2c(I)csc12. The van der Waals surface area contributed by atoms with Gasteiger partial charge < -0.3 is 0 Å². The van der Waals surface area contributed by atoms with E-state index in [-0.39, 0.29) is 0 Å². The minimum atomic E-state index is 0.561. The molecule has 0 N–H and O–H groups in total. The minimum Gasteiger partial charge on any atom is -0.298 e. The van der Waals surface area contributed by atoms with Crippen LogP contribution in [0.15, 0.2) is 17.5 Å². The first kappa shape index (κ1) is 9.62. The van der Waals surface area contributed by atoms with Gasteiger partial charge in [0.1, 0.15) is 12.4 Å². The van der Waals surface area contributed by atoms with Gasteiger partial charge >= 0.3 is 0 Å². The van der Waals surface area contributed by atoms with Crippen LogP contribution < -0.4 is 0 Å². The van der Waals surface area contributed by atoms with Gasteiger partial charge in [0, 0.05) is 19.9 Å². The summed E-state index contributed by atoms with van der Waals surface area (Å²) in [6.45, 7) is 0. The average molecular weight is 313 g/mol. The van der Waals surface area contributed by atoms with Crippen molar-refractivity contribution in [2.75, 3.05) is 0 Å². The average Bonchev–Trinajstić information content (AvgIpc) is 2.59. The maximum absolute atomic E-state index is 10.6. The minimum absolute atomic E-state index is 0.561. The third-order valence-corrected chi connectivity index (χ3v) is 4.25. The lowest BCUT2D eigenvalue weighted by atomic mass is 10.1. The van der Waals surface area contributed by atoms with Crippen LogP contribution in [0.5, 0.6) is 0 Å². The van der Waals surface area contributed by atoms with E-state index in [0.717, 1.165) is 19.9 Å². The van der Waals surface area contributed by atoms with Gasteiger partial charge in [0.05, 0.1) is 10.3 Å². The Bertz CT molecular complexity index is 553. The molecule has 68 valence electrons. The molecule has 0 bridgehead atoms. The fourth-order valence-corrected chi connectivity index (χ4v) is 3.15. The molecular formula is C10H4INOS. The summed E-state index contributed by atoms with van der Waals surface area (Å²) in [6.07, 6.45) is 0.772. The molecule has 14 heavy (non-hydrogen) atoms. The molecule has 1 aromatic heterocycles. The van der Waals surface area contributed by atoms with Gasteiger partial charge in [-0.3, -0.25) is 4.79 Å². The molecule has 1 heterocycles. The lowest BCUT2D eigenvalue weighted by Gasteiger charge is -1.95. The number of halogens is 1. The molecule has 2 rings (SSSR count). The Morgan fingerprint density at radius 2 is 2.29 bits per heavy atom. The monoisotopic (exact) mass is 313 g/mol. The zero-order valence-corrected chi connectivity index (χ0v) is 9.93. The highest BCUT2D eigenvalue weighted by Crippen LogP contribution is 2.30. The summed E-state index contributed by atoms with van der Waals surface area (Å²) in [5.41, 5.74) is 1.14. The number of carbonyl (C=O) groups is 1. The molecule has 2 nitrogen and oxygen atoms in total. The summed E-state index contributed by atoms with van der Waals surface area (Å²) in [6, 6.07) is 5.55. The molecule has 0 fully saturated rings.